The summed E-state index contributed by atoms with van der Waals surface area (Å²) in [5.41, 5.74) is 1.63. The standard InChI is InChI=1S/C37H74S/c1-29(2)22-21-25-32(7,8)23-19-20-24-33(9,10)26-35(13,14)30(3)36(15,16)27-34(11,12)28-37(17,18)38-31(4,5)6/h19-20,29-30H,21-28H2,1-18H3/b20-19-. The molecule has 1 unspecified atom stereocenters. The number of hydrogen-bond acceptors (Lipinski definition) is 1. The second-order valence-electron chi connectivity index (χ2n) is 18.9. The largest absolute Gasteiger partial charge is 0.150 e. The Hall–Kier alpha value is 0.0900. The van der Waals surface area contributed by atoms with Gasteiger partial charge < -0.3 is 0 Å². The van der Waals surface area contributed by atoms with Gasteiger partial charge in [0, 0.05) is 9.49 Å². The molecule has 0 saturated heterocycles. The van der Waals surface area contributed by atoms with Gasteiger partial charge in [0.1, 0.15) is 0 Å². The average molecular weight is 551 g/mol. The first-order valence-electron chi connectivity index (χ1n) is 16.0. The maximum Gasteiger partial charge on any atom is 0.0114 e. The van der Waals surface area contributed by atoms with Crippen molar-refractivity contribution in [3.05, 3.63) is 12.2 Å². The molecule has 0 aliphatic heterocycles. The van der Waals surface area contributed by atoms with Crippen LogP contribution in [0.5, 0.6) is 0 Å². The summed E-state index contributed by atoms with van der Waals surface area (Å²) in [7, 11) is 0. The van der Waals surface area contributed by atoms with E-state index in [2.05, 4.69) is 149 Å². The predicted octanol–water partition coefficient (Wildman–Crippen LogP) is 13.4. The molecule has 0 nitrogen and oxygen atoms in total. The zero-order valence-corrected chi connectivity index (χ0v) is 30.7. The van der Waals surface area contributed by atoms with E-state index in [1.165, 1.54) is 51.4 Å². The van der Waals surface area contributed by atoms with Crippen LogP contribution in [0.4, 0.5) is 0 Å². The Labute approximate surface area is 247 Å². The summed E-state index contributed by atoms with van der Waals surface area (Å²) in [5.74, 6) is 1.47. The molecule has 0 aromatic heterocycles. The lowest BCUT2D eigenvalue weighted by molar-refractivity contribution is 0.0157. The Morgan fingerprint density at radius 2 is 0.974 bits per heavy atom. The van der Waals surface area contributed by atoms with Crippen LogP contribution in [0, 0.1) is 38.9 Å². The highest BCUT2D eigenvalue weighted by Crippen LogP contribution is 2.53. The quantitative estimate of drug-likeness (QED) is 0.162. The average Bonchev–Trinajstić information content (AvgIpc) is 2.59. The van der Waals surface area contributed by atoms with Crippen LogP contribution < -0.4 is 0 Å². The number of thioether (sulfide) groups is 1. The summed E-state index contributed by atoms with van der Waals surface area (Å²) in [6.45, 7) is 44.2. The van der Waals surface area contributed by atoms with Gasteiger partial charge in [-0.3, -0.25) is 0 Å². The third-order valence-electron chi connectivity index (χ3n) is 8.84. The van der Waals surface area contributed by atoms with Crippen LogP contribution in [0.1, 0.15) is 176 Å². The van der Waals surface area contributed by atoms with Crippen LogP contribution in [0.25, 0.3) is 0 Å². The van der Waals surface area contributed by atoms with Crippen molar-refractivity contribution in [2.45, 2.75) is 185 Å². The SMILES string of the molecule is CC(C)CCCC(C)(C)C/C=C\CC(C)(C)CC(C)(C)C(C)C(C)(C)CC(C)(C)CC(C)(C)SC(C)(C)C. The summed E-state index contributed by atoms with van der Waals surface area (Å²) >= 11 is 2.14. The summed E-state index contributed by atoms with van der Waals surface area (Å²) in [6, 6.07) is 0. The third-order valence-corrected chi connectivity index (χ3v) is 10.2. The normalized spacial score (nSPS) is 16.1. The van der Waals surface area contributed by atoms with E-state index in [-0.39, 0.29) is 4.75 Å². The Morgan fingerprint density at radius 1 is 0.553 bits per heavy atom. The van der Waals surface area contributed by atoms with Crippen LogP contribution >= 0.6 is 11.8 Å². The molecular formula is C37H74S. The summed E-state index contributed by atoms with van der Waals surface area (Å²) in [4.78, 5) is 0. The molecule has 0 N–H and O–H groups in total. The molecule has 0 spiro atoms. The second-order valence-corrected chi connectivity index (χ2v) is 21.4. The smallest absolute Gasteiger partial charge is 0.0114 e. The Bertz CT molecular complexity index is 705. The van der Waals surface area contributed by atoms with Crippen molar-refractivity contribution in [2.24, 2.45) is 38.9 Å². The highest BCUT2D eigenvalue weighted by atomic mass is 32.2. The number of allylic oxidation sites excluding steroid dienone is 2. The van der Waals surface area contributed by atoms with E-state index >= 15 is 0 Å². The third kappa shape index (κ3) is 16.4. The van der Waals surface area contributed by atoms with Crippen molar-refractivity contribution in [3.8, 4) is 0 Å². The first kappa shape index (κ1) is 38.1. The Morgan fingerprint density at radius 3 is 1.39 bits per heavy atom. The lowest BCUT2D eigenvalue weighted by Gasteiger charge is -2.49. The van der Waals surface area contributed by atoms with Gasteiger partial charge in [-0.25, -0.2) is 0 Å². The fourth-order valence-electron chi connectivity index (χ4n) is 7.88. The van der Waals surface area contributed by atoms with E-state index in [0.29, 0.717) is 37.7 Å². The number of hydrogen-bond donors (Lipinski definition) is 0. The molecule has 0 heterocycles. The predicted molar refractivity (Wildman–Crippen MR) is 180 cm³/mol. The van der Waals surface area contributed by atoms with Crippen molar-refractivity contribution in [2.75, 3.05) is 0 Å². The molecule has 0 aromatic carbocycles. The minimum atomic E-state index is 0.286. The van der Waals surface area contributed by atoms with Crippen molar-refractivity contribution >= 4 is 11.8 Å². The Kier molecular flexibility index (Phi) is 13.9. The van der Waals surface area contributed by atoms with Gasteiger partial charge >= 0.3 is 0 Å². The molecule has 0 amide bonds. The van der Waals surface area contributed by atoms with Crippen molar-refractivity contribution in [3.63, 3.8) is 0 Å². The van der Waals surface area contributed by atoms with E-state index in [9.17, 15) is 0 Å². The lowest BCUT2D eigenvalue weighted by atomic mass is 9.57. The number of rotatable bonds is 17. The van der Waals surface area contributed by atoms with Crippen LogP contribution in [0.3, 0.4) is 0 Å². The van der Waals surface area contributed by atoms with E-state index in [0.717, 1.165) is 5.92 Å². The van der Waals surface area contributed by atoms with Gasteiger partial charge in [0.15, 0.2) is 0 Å². The van der Waals surface area contributed by atoms with Gasteiger partial charge in [-0.05, 0) is 77.4 Å². The molecule has 0 saturated carbocycles. The van der Waals surface area contributed by atoms with Gasteiger partial charge in [0.25, 0.3) is 0 Å². The van der Waals surface area contributed by atoms with Crippen LogP contribution in [0.15, 0.2) is 12.2 Å². The fourth-order valence-corrected chi connectivity index (χ4v) is 10.00. The minimum absolute atomic E-state index is 0.286. The van der Waals surface area contributed by atoms with E-state index in [4.69, 9.17) is 0 Å². The topological polar surface area (TPSA) is 0 Å². The first-order valence-corrected chi connectivity index (χ1v) is 16.8. The van der Waals surface area contributed by atoms with Crippen molar-refractivity contribution in [1.29, 1.82) is 0 Å². The summed E-state index contributed by atoms with van der Waals surface area (Å²) in [6.07, 6.45) is 15.2. The Balaban J connectivity index is 5.19. The molecule has 1 atom stereocenters. The zero-order chi connectivity index (χ0) is 30.4. The maximum atomic E-state index is 2.54. The molecule has 0 aromatic rings. The van der Waals surface area contributed by atoms with E-state index in [1.54, 1.807) is 0 Å². The summed E-state index contributed by atoms with van der Waals surface area (Å²) < 4.78 is 0.585. The van der Waals surface area contributed by atoms with Crippen LogP contribution in [-0.4, -0.2) is 9.49 Å². The molecular weight excluding hydrogens is 476 g/mol. The minimum Gasteiger partial charge on any atom is -0.150 e. The molecule has 0 aliphatic rings. The molecule has 0 radical (unpaired) electrons. The van der Waals surface area contributed by atoms with Crippen LogP contribution in [-0.2, 0) is 0 Å². The van der Waals surface area contributed by atoms with Crippen molar-refractivity contribution < 1.29 is 0 Å². The van der Waals surface area contributed by atoms with Gasteiger partial charge in [0.2, 0.25) is 0 Å². The zero-order valence-electron chi connectivity index (χ0n) is 29.9. The van der Waals surface area contributed by atoms with Gasteiger partial charge in [0.05, 0.1) is 0 Å². The van der Waals surface area contributed by atoms with Crippen molar-refractivity contribution in [1.82, 2.24) is 0 Å². The highest BCUT2D eigenvalue weighted by Gasteiger charge is 2.44. The molecule has 0 bridgehead atoms. The maximum absolute atomic E-state index is 2.54. The van der Waals surface area contributed by atoms with Gasteiger partial charge in [-0.15, -0.1) is 11.8 Å². The fraction of sp³-hybridized carbons (Fsp3) is 0.946. The van der Waals surface area contributed by atoms with E-state index < -0.39 is 0 Å². The molecule has 38 heavy (non-hydrogen) atoms. The molecule has 0 fully saturated rings. The van der Waals surface area contributed by atoms with E-state index in [1.807, 2.05) is 0 Å². The van der Waals surface area contributed by atoms with Gasteiger partial charge in [-0.2, -0.15) is 0 Å². The van der Waals surface area contributed by atoms with Crippen LogP contribution in [0.2, 0.25) is 0 Å². The van der Waals surface area contributed by atoms with Gasteiger partial charge in [-0.1, -0.05) is 150 Å². The first-order chi connectivity index (χ1) is 16.6. The molecule has 0 aliphatic carbocycles. The lowest BCUT2D eigenvalue weighted by Crippen LogP contribution is -2.41. The molecule has 1 heteroatoms. The second kappa shape index (κ2) is 13.8. The molecule has 0 rings (SSSR count). The summed E-state index contributed by atoms with van der Waals surface area (Å²) in [5, 5.41) is 0. The monoisotopic (exact) mass is 551 g/mol. The highest BCUT2D eigenvalue weighted by molar-refractivity contribution is 8.01. The molecule has 228 valence electrons.